The monoisotopic (exact) mass is 428 g/mol. The first-order valence-corrected chi connectivity index (χ1v) is 10.5. The Labute approximate surface area is 172 Å². The number of hydrogen-bond acceptors (Lipinski definition) is 7. The predicted octanol–water partition coefficient (Wildman–Crippen LogP) is 4.00. The van der Waals surface area contributed by atoms with Gasteiger partial charge in [-0.05, 0) is 25.1 Å². The molecule has 2 aromatic carbocycles. The Morgan fingerprint density at radius 3 is 2.83 bits per heavy atom. The van der Waals surface area contributed by atoms with E-state index in [4.69, 9.17) is 4.74 Å². The van der Waals surface area contributed by atoms with E-state index in [0.29, 0.717) is 34.3 Å². The van der Waals surface area contributed by atoms with Gasteiger partial charge in [-0.25, -0.2) is 4.98 Å². The molecule has 1 amide bonds. The average molecular weight is 428 g/mol. The van der Waals surface area contributed by atoms with Crippen molar-refractivity contribution < 1.29 is 14.5 Å². The van der Waals surface area contributed by atoms with E-state index in [0.717, 1.165) is 15.7 Å². The van der Waals surface area contributed by atoms with Crippen molar-refractivity contribution in [2.24, 2.45) is 4.99 Å². The summed E-state index contributed by atoms with van der Waals surface area (Å²) < 4.78 is 8.90. The van der Waals surface area contributed by atoms with Crippen LogP contribution in [0.3, 0.4) is 0 Å². The molecule has 10 heteroatoms. The number of fused-ring (bicyclic) bond motifs is 2. The minimum atomic E-state index is -0.438. The molecule has 2 heterocycles. The van der Waals surface area contributed by atoms with Gasteiger partial charge < -0.3 is 9.30 Å². The number of rotatable bonds is 6. The number of carbonyl (C=O) groups is 1. The highest BCUT2D eigenvalue weighted by Gasteiger charge is 2.15. The SMILES string of the molecule is CCOCCn1c(=NC(=O)c2nc3ccccc3s2)sc2cc([N+](=O)[O-])ccc21. The number of benzene rings is 2. The third kappa shape index (κ3) is 3.95. The summed E-state index contributed by atoms with van der Waals surface area (Å²) in [7, 11) is 0. The summed E-state index contributed by atoms with van der Waals surface area (Å²) in [4.78, 5) is 32.5. The van der Waals surface area contributed by atoms with Gasteiger partial charge in [-0.3, -0.25) is 14.9 Å². The summed E-state index contributed by atoms with van der Waals surface area (Å²) in [6, 6.07) is 12.1. The number of thiazole rings is 2. The van der Waals surface area contributed by atoms with Gasteiger partial charge in [0.25, 0.3) is 5.69 Å². The third-order valence-corrected chi connectivity index (χ3v) is 6.28. The molecular formula is C19H16N4O4S2. The number of para-hydroxylation sites is 1. The normalized spacial score (nSPS) is 12.1. The first kappa shape index (κ1) is 19.4. The number of non-ortho nitro benzene ring substituents is 1. The first-order chi connectivity index (χ1) is 14.1. The van der Waals surface area contributed by atoms with E-state index in [9.17, 15) is 14.9 Å². The summed E-state index contributed by atoms with van der Waals surface area (Å²) in [5, 5.41) is 11.4. The molecule has 8 nitrogen and oxygen atoms in total. The highest BCUT2D eigenvalue weighted by Crippen LogP contribution is 2.24. The van der Waals surface area contributed by atoms with Gasteiger partial charge in [-0.15, -0.1) is 11.3 Å². The summed E-state index contributed by atoms with van der Waals surface area (Å²) in [6.07, 6.45) is 0. The van der Waals surface area contributed by atoms with Crippen LogP contribution in [0.15, 0.2) is 47.5 Å². The fourth-order valence-electron chi connectivity index (χ4n) is 2.88. The van der Waals surface area contributed by atoms with Gasteiger partial charge in [-0.1, -0.05) is 23.5 Å². The minimum absolute atomic E-state index is 0.000224. The van der Waals surface area contributed by atoms with E-state index in [1.54, 1.807) is 6.07 Å². The zero-order valence-corrected chi connectivity index (χ0v) is 17.0. The maximum atomic E-state index is 12.8. The number of ether oxygens (including phenoxy) is 1. The second kappa shape index (κ2) is 8.19. The lowest BCUT2D eigenvalue weighted by Gasteiger charge is -2.05. The molecule has 2 aromatic heterocycles. The van der Waals surface area contributed by atoms with Crippen LogP contribution < -0.4 is 4.80 Å². The molecule has 0 aliphatic carbocycles. The van der Waals surface area contributed by atoms with Crippen molar-refractivity contribution in [1.82, 2.24) is 9.55 Å². The molecule has 0 N–H and O–H groups in total. The van der Waals surface area contributed by atoms with Crippen molar-refractivity contribution in [1.29, 1.82) is 0 Å². The minimum Gasteiger partial charge on any atom is -0.380 e. The third-order valence-electron chi connectivity index (χ3n) is 4.21. The standard InChI is InChI=1S/C19H16N4O4S2/c1-2-27-10-9-22-14-8-7-12(23(25)26)11-16(14)29-19(22)21-17(24)18-20-13-5-3-4-6-15(13)28-18/h3-8,11H,2,9-10H2,1H3. The highest BCUT2D eigenvalue weighted by molar-refractivity contribution is 7.20. The molecule has 4 rings (SSSR count). The molecule has 4 aromatic rings. The van der Waals surface area contributed by atoms with E-state index in [1.807, 2.05) is 35.8 Å². The Kier molecular flexibility index (Phi) is 5.47. The first-order valence-electron chi connectivity index (χ1n) is 8.87. The Morgan fingerprint density at radius 1 is 1.24 bits per heavy atom. The number of nitrogens with zero attached hydrogens (tertiary/aromatic N) is 4. The number of carbonyl (C=O) groups excluding carboxylic acids is 1. The molecule has 148 valence electrons. The molecule has 0 aliphatic rings. The van der Waals surface area contributed by atoms with E-state index in [1.165, 1.54) is 34.8 Å². The molecule has 0 saturated heterocycles. The summed E-state index contributed by atoms with van der Waals surface area (Å²) in [5.41, 5.74) is 1.53. The zero-order chi connectivity index (χ0) is 20.4. The second-order valence-corrected chi connectivity index (χ2v) is 8.09. The van der Waals surface area contributed by atoms with E-state index in [-0.39, 0.29) is 5.69 Å². The smallest absolute Gasteiger partial charge is 0.308 e. The van der Waals surface area contributed by atoms with Crippen molar-refractivity contribution in [2.75, 3.05) is 13.2 Å². The second-order valence-electron chi connectivity index (χ2n) is 6.05. The van der Waals surface area contributed by atoms with Gasteiger partial charge in [0.05, 0.1) is 32.0 Å². The van der Waals surface area contributed by atoms with Crippen molar-refractivity contribution >= 4 is 54.7 Å². The van der Waals surface area contributed by atoms with Crippen molar-refractivity contribution in [3.63, 3.8) is 0 Å². The van der Waals surface area contributed by atoms with Crippen LogP contribution in [0.5, 0.6) is 0 Å². The molecule has 0 unspecified atom stereocenters. The Bertz CT molecular complexity index is 1260. The highest BCUT2D eigenvalue weighted by atomic mass is 32.1. The maximum Gasteiger partial charge on any atom is 0.308 e. The van der Waals surface area contributed by atoms with E-state index >= 15 is 0 Å². The van der Waals surface area contributed by atoms with Crippen molar-refractivity contribution in [2.45, 2.75) is 13.5 Å². The molecule has 0 bridgehead atoms. The lowest BCUT2D eigenvalue weighted by atomic mass is 10.3. The van der Waals surface area contributed by atoms with Gasteiger partial charge in [0.15, 0.2) is 9.81 Å². The van der Waals surface area contributed by atoms with Crippen LogP contribution >= 0.6 is 22.7 Å². The van der Waals surface area contributed by atoms with Crippen molar-refractivity contribution in [3.05, 3.63) is 62.4 Å². The average Bonchev–Trinajstić information content (AvgIpc) is 3.29. The van der Waals surface area contributed by atoms with Gasteiger partial charge >= 0.3 is 5.91 Å². The predicted molar refractivity (Wildman–Crippen MR) is 112 cm³/mol. The van der Waals surface area contributed by atoms with Crippen LogP contribution in [0.25, 0.3) is 20.4 Å². The molecule has 0 fully saturated rings. The van der Waals surface area contributed by atoms with Crippen LogP contribution in [0.4, 0.5) is 5.69 Å². The largest absolute Gasteiger partial charge is 0.380 e. The van der Waals surface area contributed by atoms with Crippen LogP contribution in [-0.2, 0) is 11.3 Å². The molecule has 0 saturated carbocycles. The van der Waals surface area contributed by atoms with E-state index in [2.05, 4.69) is 9.98 Å². The molecule has 29 heavy (non-hydrogen) atoms. The number of amides is 1. The fourth-order valence-corrected chi connectivity index (χ4v) is 4.81. The maximum absolute atomic E-state index is 12.8. The van der Waals surface area contributed by atoms with Crippen LogP contribution in [-0.4, -0.2) is 33.6 Å². The van der Waals surface area contributed by atoms with Gasteiger partial charge in [0.1, 0.15) is 0 Å². The molecule has 0 radical (unpaired) electrons. The van der Waals surface area contributed by atoms with Gasteiger partial charge in [-0.2, -0.15) is 4.99 Å². The lowest BCUT2D eigenvalue weighted by Crippen LogP contribution is -2.19. The molecule has 0 spiro atoms. The Morgan fingerprint density at radius 2 is 2.07 bits per heavy atom. The topological polar surface area (TPSA) is 99.6 Å². The fraction of sp³-hybridized carbons (Fsp3) is 0.211. The van der Waals surface area contributed by atoms with Gasteiger partial charge in [0.2, 0.25) is 0 Å². The van der Waals surface area contributed by atoms with Crippen molar-refractivity contribution in [3.8, 4) is 0 Å². The Hall–Kier alpha value is -2.95. The number of nitro groups is 1. The quantitative estimate of drug-likeness (QED) is 0.263. The summed E-state index contributed by atoms with van der Waals surface area (Å²) in [5.74, 6) is -0.433. The molecule has 0 aliphatic heterocycles. The van der Waals surface area contributed by atoms with Crippen LogP contribution in [0, 0.1) is 10.1 Å². The number of aromatic nitrogens is 2. The molecule has 0 atom stereocenters. The van der Waals surface area contributed by atoms with E-state index < -0.39 is 10.8 Å². The summed E-state index contributed by atoms with van der Waals surface area (Å²) in [6.45, 7) is 3.41. The molecular weight excluding hydrogens is 412 g/mol. The number of hydrogen-bond donors (Lipinski definition) is 0. The van der Waals surface area contributed by atoms with Crippen LogP contribution in [0.1, 0.15) is 16.7 Å². The number of nitro benzene ring substituents is 1. The summed E-state index contributed by atoms with van der Waals surface area (Å²) >= 11 is 2.53. The van der Waals surface area contributed by atoms with Gasteiger partial charge in [0, 0.05) is 25.3 Å². The lowest BCUT2D eigenvalue weighted by molar-refractivity contribution is -0.384. The Balaban J connectivity index is 1.79. The van der Waals surface area contributed by atoms with Crippen LogP contribution in [0.2, 0.25) is 0 Å². The zero-order valence-electron chi connectivity index (χ0n) is 15.4.